The normalized spacial score (nSPS) is 22.1. The molecule has 3 aromatic rings. The second kappa shape index (κ2) is 8.54. The van der Waals surface area contributed by atoms with E-state index in [1.165, 1.54) is 25.7 Å². The van der Waals surface area contributed by atoms with Crippen LogP contribution < -0.4 is 5.56 Å². The first-order chi connectivity index (χ1) is 15.1. The third-order valence-electron chi connectivity index (χ3n) is 7.15. The fourth-order valence-electron chi connectivity index (χ4n) is 5.53. The summed E-state index contributed by atoms with van der Waals surface area (Å²) in [5, 5.41) is 14.1. The first-order valence-electron chi connectivity index (χ1n) is 11.8. The zero-order chi connectivity index (χ0) is 21.4. The van der Waals surface area contributed by atoms with Crippen molar-refractivity contribution in [3.8, 4) is 0 Å². The van der Waals surface area contributed by atoms with Crippen LogP contribution in [0.25, 0.3) is 10.9 Å². The highest BCUT2D eigenvalue weighted by Crippen LogP contribution is 2.34. The summed E-state index contributed by atoms with van der Waals surface area (Å²) in [7, 11) is 0. The van der Waals surface area contributed by atoms with Crippen LogP contribution in [0.15, 0.2) is 29.1 Å². The van der Waals surface area contributed by atoms with Gasteiger partial charge < -0.3 is 4.98 Å². The van der Waals surface area contributed by atoms with E-state index in [1.54, 1.807) is 0 Å². The van der Waals surface area contributed by atoms with Crippen LogP contribution in [-0.4, -0.2) is 43.2 Å². The van der Waals surface area contributed by atoms with Crippen molar-refractivity contribution in [2.45, 2.75) is 70.9 Å². The average molecular weight is 421 g/mol. The summed E-state index contributed by atoms with van der Waals surface area (Å²) < 4.78 is 2.03. The summed E-state index contributed by atoms with van der Waals surface area (Å²) >= 11 is 0. The van der Waals surface area contributed by atoms with E-state index in [2.05, 4.69) is 44.5 Å². The first-order valence-corrected chi connectivity index (χ1v) is 11.8. The average Bonchev–Trinajstić information content (AvgIpc) is 3.25. The standard InChI is InChI=1S/C24H32N6O/c1-16-8-7-13-29(15-16)22(23-26-27-28-30(23)19-11-4-3-5-12-19)20-14-18-10-6-9-17(2)21(18)25-24(20)31/h6,9-10,14,16,19,22H,3-5,7-8,11-13,15H2,1-2H3,(H,25,31)/t16-,22+/m1/s1. The van der Waals surface area contributed by atoms with Gasteiger partial charge in [-0.2, -0.15) is 0 Å². The van der Waals surface area contributed by atoms with Crippen LogP contribution in [0.4, 0.5) is 0 Å². The number of H-pyrrole nitrogens is 1. The molecule has 3 heterocycles. The number of rotatable bonds is 4. The summed E-state index contributed by atoms with van der Waals surface area (Å²) in [6, 6.07) is 8.31. The Morgan fingerprint density at radius 1 is 1.13 bits per heavy atom. The Morgan fingerprint density at radius 3 is 2.77 bits per heavy atom. The molecule has 0 bridgehead atoms. The van der Waals surface area contributed by atoms with Crippen LogP contribution in [0.2, 0.25) is 0 Å². The van der Waals surface area contributed by atoms with Crippen molar-refractivity contribution in [2.24, 2.45) is 5.92 Å². The number of aromatic amines is 1. The molecule has 0 amide bonds. The van der Waals surface area contributed by atoms with Crippen molar-refractivity contribution >= 4 is 10.9 Å². The van der Waals surface area contributed by atoms with Crippen molar-refractivity contribution in [2.75, 3.05) is 13.1 Å². The zero-order valence-corrected chi connectivity index (χ0v) is 18.5. The highest BCUT2D eigenvalue weighted by atomic mass is 16.1. The molecular weight excluding hydrogens is 388 g/mol. The molecule has 0 radical (unpaired) electrons. The number of hydrogen-bond acceptors (Lipinski definition) is 5. The number of aromatic nitrogens is 5. The summed E-state index contributed by atoms with van der Waals surface area (Å²) in [4.78, 5) is 19.0. The number of aryl methyl sites for hydroxylation is 1. The molecule has 2 fully saturated rings. The summed E-state index contributed by atoms with van der Waals surface area (Å²) in [5.41, 5.74) is 2.70. The van der Waals surface area contributed by atoms with Gasteiger partial charge in [-0.1, -0.05) is 44.4 Å². The summed E-state index contributed by atoms with van der Waals surface area (Å²) in [6.07, 6.45) is 8.28. The second-order valence-electron chi connectivity index (χ2n) is 9.51. The van der Waals surface area contributed by atoms with Crippen molar-refractivity contribution in [1.82, 2.24) is 30.1 Å². The lowest BCUT2D eigenvalue weighted by atomic mass is 9.93. The molecular formula is C24H32N6O. The van der Waals surface area contributed by atoms with Crippen LogP contribution in [0, 0.1) is 12.8 Å². The van der Waals surface area contributed by atoms with Gasteiger partial charge in [0, 0.05) is 12.1 Å². The third-order valence-corrected chi connectivity index (χ3v) is 7.15. The second-order valence-corrected chi connectivity index (χ2v) is 9.51. The van der Waals surface area contributed by atoms with Gasteiger partial charge in [-0.15, -0.1) is 5.10 Å². The Hall–Kier alpha value is -2.54. The van der Waals surface area contributed by atoms with Crippen molar-refractivity contribution in [3.63, 3.8) is 0 Å². The number of fused-ring (bicyclic) bond motifs is 1. The number of likely N-dealkylation sites (tertiary alicyclic amines) is 1. The van der Waals surface area contributed by atoms with E-state index in [1.807, 2.05) is 23.7 Å². The number of nitrogens with one attached hydrogen (secondary N) is 1. The summed E-state index contributed by atoms with van der Waals surface area (Å²) in [5.74, 6) is 1.41. The van der Waals surface area contributed by atoms with Crippen LogP contribution in [0.5, 0.6) is 0 Å². The molecule has 164 valence electrons. The van der Waals surface area contributed by atoms with E-state index in [9.17, 15) is 4.79 Å². The smallest absolute Gasteiger partial charge is 0.253 e. The summed E-state index contributed by atoms with van der Waals surface area (Å²) in [6.45, 7) is 6.23. The minimum absolute atomic E-state index is 0.0387. The zero-order valence-electron chi connectivity index (χ0n) is 18.5. The molecule has 2 atom stereocenters. The highest BCUT2D eigenvalue weighted by Gasteiger charge is 2.34. The van der Waals surface area contributed by atoms with Crippen LogP contribution in [0.3, 0.4) is 0 Å². The fraction of sp³-hybridized carbons (Fsp3) is 0.583. The minimum atomic E-state index is -0.228. The molecule has 7 heteroatoms. The molecule has 1 N–H and O–H groups in total. The highest BCUT2D eigenvalue weighted by molar-refractivity contribution is 5.82. The fourth-order valence-corrected chi connectivity index (χ4v) is 5.53. The maximum Gasteiger partial charge on any atom is 0.253 e. The number of nitrogens with zero attached hydrogens (tertiary/aromatic N) is 5. The number of para-hydroxylation sites is 1. The Bertz CT molecular complexity index is 1110. The largest absolute Gasteiger partial charge is 0.321 e. The molecule has 1 aliphatic carbocycles. The predicted molar refractivity (Wildman–Crippen MR) is 121 cm³/mol. The molecule has 2 aliphatic rings. The number of tetrazole rings is 1. The molecule has 7 nitrogen and oxygen atoms in total. The van der Waals surface area contributed by atoms with E-state index in [-0.39, 0.29) is 11.6 Å². The van der Waals surface area contributed by atoms with Gasteiger partial charge in [0.25, 0.3) is 5.56 Å². The number of pyridine rings is 1. The molecule has 2 aromatic heterocycles. The molecule has 1 aliphatic heterocycles. The minimum Gasteiger partial charge on any atom is -0.321 e. The van der Waals surface area contributed by atoms with Crippen molar-refractivity contribution < 1.29 is 0 Å². The topological polar surface area (TPSA) is 79.7 Å². The maximum atomic E-state index is 13.4. The van der Waals surface area contributed by atoms with E-state index < -0.39 is 0 Å². The number of benzene rings is 1. The van der Waals surface area contributed by atoms with Gasteiger partial charge in [0.05, 0.1) is 11.6 Å². The van der Waals surface area contributed by atoms with Gasteiger partial charge in [0.1, 0.15) is 6.04 Å². The monoisotopic (exact) mass is 420 g/mol. The molecule has 31 heavy (non-hydrogen) atoms. The molecule has 5 rings (SSSR count). The van der Waals surface area contributed by atoms with Crippen LogP contribution >= 0.6 is 0 Å². The number of hydrogen-bond donors (Lipinski definition) is 1. The van der Waals surface area contributed by atoms with Crippen LogP contribution in [-0.2, 0) is 0 Å². The van der Waals surface area contributed by atoms with Gasteiger partial charge in [0.2, 0.25) is 0 Å². The molecule has 1 aromatic carbocycles. The SMILES string of the molecule is Cc1cccc2cc([C@@H](c3nnnn3C3CCCCC3)N3CCC[C@@H](C)C3)c(=O)[nH]c12. The van der Waals surface area contributed by atoms with Gasteiger partial charge >= 0.3 is 0 Å². The quantitative estimate of drug-likeness (QED) is 0.686. The lowest BCUT2D eigenvalue weighted by Gasteiger charge is -2.37. The number of piperidine rings is 1. The molecule has 1 saturated heterocycles. The molecule has 1 saturated carbocycles. The van der Waals surface area contributed by atoms with Gasteiger partial charge in [0.15, 0.2) is 5.82 Å². The van der Waals surface area contributed by atoms with Gasteiger partial charge in [-0.25, -0.2) is 4.68 Å². The Labute approximate surface area is 182 Å². The van der Waals surface area contributed by atoms with Crippen molar-refractivity contribution in [3.05, 3.63) is 51.6 Å². The molecule has 0 unspecified atom stereocenters. The van der Waals surface area contributed by atoms with E-state index >= 15 is 0 Å². The first kappa shape index (κ1) is 20.4. The van der Waals surface area contributed by atoms with Gasteiger partial charge in [-0.3, -0.25) is 9.69 Å². The van der Waals surface area contributed by atoms with Gasteiger partial charge in [-0.05, 0) is 72.5 Å². The van der Waals surface area contributed by atoms with Crippen molar-refractivity contribution in [1.29, 1.82) is 0 Å². The molecule has 0 spiro atoms. The van der Waals surface area contributed by atoms with E-state index in [4.69, 9.17) is 0 Å². The Kier molecular flexibility index (Phi) is 5.61. The Morgan fingerprint density at radius 2 is 1.97 bits per heavy atom. The van der Waals surface area contributed by atoms with E-state index in [0.717, 1.165) is 60.2 Å². The Balaban J connectivity index is 1.64. The van der Waals surface area contributed by atoms with E-state index in [0.29, 0.717) is 12.0 Å². The third kappa shape index (κ3) is 3.91. The lowest BCUT2D eigenvalue weighted by molar-refractivity contribution is 0.138. The predicted octanol–water partition coefficient (Wildman–Crippen LogP) is 4.15. The lowest BCUT2D eigenvalue weighted by Crippen LogP contribution is -2.41. The van der Waals surface area contributed by atoms with Crippen LogP contribution in [0.1, 0.15) is 80.9 Å². The maximum absolute atomic E-state index is 13.4.